The number of rotatable bonds is 5. The maximum Gasteiger partial charge on any atom is 0.129 e. The third kappa shape index (κ3) is 4.03. The normalized spacial score (nSPS) is 12.2. The van der Waals surface area contributed by atoms with Crippen LogP contribution in [-0.2, 0) is 6.42 Å². The van der Waals surface area contributed by atoms with Gasteiger partial charge in [0.2, 0.25) is 0 Å². The molecule has 2 rings (SSSR count). The molecule has 0 radical (unpaired) electrons. The molecule has 2 aromatic carbocycles. The lowest BCUT2D eigenvalue weighted by Gasteiger charge is -2.18. The minimum atomic E-state index is -0.332. The van der Waals surface area contributed by atoms with Crippen molar-refractivity contribution in [1.82, 2.24) is 5.43 Å². The average molecular weight is 418 g/mol. The Kier molecular flexibility index (Phi) is 5.75. The fraction of sp³-hybridized carbons (Fsp3) is 0.200. The summed E-state index contributed by atoms with van der Waals surface area (Å²) in [4.78, 5) is 0. The molecule has 112 valence electrons. The van der Waals surface area contributed by atoms with E-state index in [-0.39, 0.29) is 11.9 Å². The van der Waals surface area contributed by atoms with E-state index in [0.717, 1.165) is 15.8 Å². The van der Waals surface area contributed by atoms with Crippen LogP contribution in [0, 0.1) is 5.82 Å². The van der Waals surface area contributed by atoms with Gasteiger partial charge >= 0.3 is 0 Å². The lowest BCUT2D eigenvalue weighted by atomic mass is 9.99. The van der Waals surface area contributed by atoms with Gasteiger partial charge in [0.15, 0.2) is 0 Å². The maximum atomic E-state index is 14.1. The largest absolute Gasteiger partial charge is 0.497 e. The van der Waals surface area contributed by atoms with Crippen molar-refractivity contribution in [3.63, 3.8) is 0 Å². The monoisotopic (exact) mass is 416 g/mol. The van der Waals surface area contributed by atoms with Crippen LogP contribution in [-0.4, -0.2) is 7.11 Å². The van der Waals surface area contributed by atoms with Crippen LogP contribution < -0.4 is 16.0 Å². The van der Waals surface area contributed by atoms with Gasteiger partial charge in [-0.15, -0.1) is 0 Å². The van der Waals surface area contributed by atoms with Gasteiger partial charge in [0.05, 0.1) is 13.2 Å². The van der Waals surface area contributed by atoms with E-state index in [4.69, 9.17) is 10.6 Å². The van der Waals surface area contributed by atoms with Gasteiger partial charge in [-0.1, -0.05) is 37.9 Å². The van der Waals surface area contributed by atoms with Gasteiger partial charge < -0.3 is 4.74 Å². The summed E-state index contributed by atoms with van der Waals surface area (Å²) >= 11 is 6.74. The number of hydrogen-bond acceptors (Lipinski definition) is 3. The average Bonchev–Trinajstić information content (AvgIpc) is 2.47. The summed E-state index contributed by atoms with van der Waals surface area (Å²) in [5.41, 5.74) is 4.18. The predicted molar refractivity (Wildman–Crippen MR) is 88.6 cm³/mol. The fourth-order valence-corrected chi connectivity index (χ4v) is 2.84. The molecule has 0 aliphatic rings. The fourth-order valence-electron chi connectivity index (χ4n) is 2.10. The van der Waals surface area contributed by atoms with E-state index in [1.807, 2.05) is 18.2 Å². The first-order chi connectivity index (χ1) is 10.0. The van der Waals surface area contributed by atoms with Crippen LogP contribution in [0.4, 0.5) is 4.39 Å². The van der Waals surface area contributed by atoms with Crippen molar-refractivity contribution in [2.24, 2.45) is 5.84 Å². The van der Waals surface area contributed by atoms with Gasteiger partial charge in [0, 0.05) is 14.5 Å². The van der Waals surface area contributed by atoms with Gasteiger partial charge in [0.1, 0.15) is 11.6 Å². The summed E-state index contributed by atoms with van der Waals surface area (Å²) in [6.07, 6.45) is 0.535. The standard InChI is InChI=1S/C15H15Br2FN2O/c1-21-11-3-5-13(17)9(6-11)7-15(20-19)12-4-2-10(16)8-14(12)18/h2-6,8,15,20H,7,19H2,1H3. The van der Waals surface area contributed by atoms with Gasteiger partial charge in [0.25, 0.3) is 0 Å². The lowest BCUT2D eigenvalue weighted by Crippen LogP contribution is -2.30. The number of hydrogen-bond donors (Lipinski definition) is 2. The first-order valence-electron chi connectivity index (χ1n) is 6.28. The quantitative estimate of drug-likeness (QED) is 0.568. The molecule has 0 saturated carbocycles. The molecule has 0 fully saturated rings. The zero-order valence-electron chi connectivity index (χ0n) is 11.4. The molecule has 0 aliphatic carbocycles. The number of ether oxygens (including phenoxy) is 1. The summed E-state index contributed by atoms with van der Waals surface area (Å²) in [6.45, 7) is 0. The zero-order chi connectivity index (χ0) is 15.4. The summed E-state index contributed by atoms with van der Waals surface area (Å²) < 4.78 is 20.9. The Hall–Kier alpha value is -0.950. The SMILES string of the molecule is COc1ccc(Br)c(CC(NN)c2ccc(Br)cc2F)c1. The van der Waals surface area contributed by atoms with Gasteiger partial charge in [-0.25, -0.2) is 4.39 Å². The molecule has 1 atom stereocenters. The van der Waals surface area contributed by atoms with Crippen molar-refractivity contribution >= 4 is 31.9 Å². The Balaban J connectivity index is 2.30. The Morgan fingerprint density at radius 2 is 2.00 bits per heavy atom. The number of halogens is 3. The molecule has 3 N–H and O–H groups in total. The first kappa shape index (κ1) is 16.4. The Bertz CT molecular complexity index is 637. The highest BCUT2D eigenvalue weighted by atomic mass is 79.9. The molecule has 0 saturated heterocycles. The van der Waals surface area contributed by atoms with Crippen LogP contribution in [0.5, 0.6) is 5.75 Å². The second-order valence-electron chi connectivity index (χ2n) is 4.55. The molecular formula is C15H15Br2FN2O. The maximum absolute atomic E-state index is 14.1. The molecule has 0 bridgehead atoms. The van der Waals surface area contributed by atoms with Gasteiger partial charge in [-0.3, -0.25) is 11.3 Å². The third-order valence-corrected chi connectivity index (χ3v) is 4.48. The molecule has 21 heavy (non-hydrogen) atoms. The molecule has 2 aromatic rings. The van der Waals surface area contributed by atoms with Gasteiger partial charge in [-0.05, 0) is 42.3 Å². The number of nitrogens with one attached hydrogen (secondary N) is 1. The van der Waals surface area contributed by atoms with E-state index in [2.05, 4.69) is 37.3 Å². The first-order valence-corrected chi connectivity index (χ1v) is 7.87. The minimum Gasteiger partial charge on any atom is -0.497 e. The van der Waals surface area contributed by atoms with E-state index in [0.29, 0.717) is 16.5 Å². The number of nitrogens with two attached hydrogens (primary N) is 1. The Morgan fingerprint density at radius 3 is 2.62 bits per heavy atom. The van der Waals surface area contributed by atoms with Crippen LogP contribution in [0.25, 0.3) is 0 Å². The molecule has 0 heterocycles. The van der Waals surface area contributed by atoms with Crippen molar-refractivity contribution < 1.29 is 9.13 Å². The molecule has 0 spiro atoms. The van der Waals surface area contributed by atoms with Crippen LogP contribution in [0.3, 0.4) is 0 Å². The predicted octanol–water partition coefficient (Wildman–Crippen LogP) is 4.11. The summed E-state index contributed by atoms with van der Waals surface area (Å²) in [7, 11) is 1.61. The van der Waals surface area contributed by atoms with Crippen molar-refractivity contribution in [2.75, 3.05) is 7.11 Å². The van der Waals surface area contributed by atoms with E-state index in [1.54, 1.807) is 19.2 Å². The third-order valence-electron chi connectivity index (χ3n) is 3.22. The van der Waals surface area contributed by atoms with E-state index in [9.17, 15) is 4.39 Å². The molecule has 1 unspecified atom stereocenters. The molecule has 0 amide bonds. The van der Waals surface area contributed by atoms with Crippen molar-refractivity contribution in [3.05, 3.63) is 62.3 Å². The molecular weight excluding hydrogens is 403 g/mol. The van der Waals surface area contributed by atoms with E-state index < -0.39 is 0 Å². The lowest BCUT2D eigenvalue weighted by molar-refractivity contribution is 0.413. The second-order valence-corrected chi connectivity index (χ2v) is 6.32. The van der Waals surface area contributed by atoms with Crippen molar-refractivity contribution in [1.29, 1.82) is 0 Å². The van der Waals surface area contributed by atoms with Gasteiger partial charge in [-0.2, -0.15) is 0 Å². The topological polar surface area (TPSA) is 47.3 Å². The smallest absolute Gasteiger partial charge is 0.129 e. The van der Waals surface area contributed by atoms with Crippen molar-refractivity contribution in [3.8, 4) is 5.75 Å². The molecule has 0 aromatic heterocycles. The highest BCUT2D eigenvalue weighted by Crippen LogP contribution is 2.29. The number of benzene rings is 2. The summed E-state index contributed by atoms with van der Waals surface area (Å²) in [5.74, 6) is 6.06. The molecule has 6 heteroatoms. The highest BCUT2D eigenvalue weighted by Gasteiger charge is 2.17. The zero-order valence-corrected chi connectivity index (χ0v) is 14.5. The second kappa shape index (κ2) is 7.35. The van der Waals surface area contributed by atoms with Crippen LogP contribution >= 0.6 is 31.9 Å². The molecule has 3 nitrogen and oxygen atoms in total. The Labute approximate surface area is 139 Å². The van der Waals surface area contributed by atoms with Crippen LogP contribution in [0.1, 0.15) is 17.2 Å². The van der Waals surface area contributed by atoms with E-state index in [1.165, 1.54) is 6.07 Å². The Morgan fingerprint density at radius 1 is 1.24 bits per heavy atom. The van der Waals surface area contributed by atoms with Crippen LogP contribution in [0.2, 0.25) is 0 Å². The van der Waals surface area contributed by atoms with E-state index >= 15 is 0 Å². The highest BCUT2D eigenvalue weighted by molar-refractivity contribution is 9.10. The number of hydrazine groups is 1. The molecule has 0 aliphatic heterocycles. The number of methoxy groups -OCH3 is 1. The summed E-state index contributed by atoms with van der Waals surface area (Å²) in [5, 5.41) is 0. The summed E-state index contributed by atoms with van der Waals surface area (Å²) in [6, 6.07) is 10.3. The van der Waals surface area contributed by atoms with Crippen molar-refractivity contribution in [2.45, 2.75) is 12.5 Å². The van der Waals surface area contributed by atoms with Crippen LogP contribution in [0.15, 0.2) is 45.3 Å². The minimum absolute atomic E-state index is 0.300.